The molecule has 2 rings (SSSR count). The molecule has 0 bridgehead atoms. The fraction of sp³-hybridized carbons (Fsp3) is 0.643. The zero-order valence-corrected chi connectivity index (χ0v) is 11.2. The van der Waals surface area contributed by atoms with Gasteiger partial charge in [0.05, 0.1) is 6.54 Å². The molecule has 18 heavy (non-hydrogen) atoms. The van der Waals surface area contributed by atoms with Gasteiger partial charge in [-0.2, -0.15) is 0 Å². The first-order valence-electron chi connectivity index (χ1n) is 6.36. The zero-order valence-electron chi connectivity index (χ0n) is 11.2. The minimum atomic E-state index is -2.26. The Kier molecular flexibility index (Phi) is 3.66. The van der Waals surface area contributed by atoms with Gasteiger partial charge in [0.15, 0.2) is 0 Å². The highest BCUT2D eigenvalue weighted by molar-refractivity contribution is 5.28. The molecule has 0 atom stereocenters. The summed E-state index contributed by atoms with van der Waals surface area (Å²) in [5.41, 5.74) is 3.28. The van der Waals surface area contributed by atoms with Gasteiger partial charge >= 0.3 is 0 Å². The van der Waals surface area contributed by atoms with Crippen LogP contribution in [-0.2, 0) is 18.4 Å². The smallest absolute Gasteiger partial charge is 0.251 e. The van der Waals surface area contributed by atoms with Crippen molar-refractivity contribution in [1.29, 1.82) is 0 Å². The van der Waals surface area contributed by atoms with E-state index < -0.39 is 6.43 Å². The van der Waals surface area contributed by atoms with Gasteiger partial charge in [0.25, 0.3) is 6.43 Å². The lowest BCUT2D eigenvalue weighted by Crippen LogP contribution is -2.35. The van der Waals surface area contributed by atoms with Crippen molar-refractivity contribution in [1.82, 2.24) is 9.88 Å². The molecule has 0 spiro atoms. The molecular weight excluding hydrogens is 234 g/mol. The summed E-state index contributed by atoms with van der Waals surface area (Å²) >= 11 is 0. The van der Waals surface area contributed by atoms with E-state index in [1.54, 1.807) is 4.90 Å². The van der Waals surface area contributed by atoms with Gasteiger partial charge in [-0.05, 0) is 11.6 Å². The number of nitrogens with zero attached hydrogens (tertiary/aromatic N) is 2. The summed E-state index contributed by atoms with van der Waals surface area (Å²) in [5.74, 6) is 0. The van der Waals surface area contributed by atoms with E-state index in [0.717, 1.165) is 23.4 Å². The van der Waals surface area contributed by atoms with Crippen molar-refractivity contribution in [3.05, 3.63) is 29.1 Å². The van der Waals surface area contributed by atoms with E-state index >= 15 is 0 Å². The molecule has 2 heterocycles. The Morgan fingerprint density at radius 3 is 2.67 bits per heavy atom. The molecule has 0 saturated heterocycles. The maximum atomic E-state index is 12.4. The molecular formula is C14H20F2N2. The van der Waals surface area contributed by atoms with E-state index in [4.69, 9.17) is 0 Å². The molecule has 1 aromatic rings. The van der Waals surface area contributed by atoms with Gasteiger partial charge in [-0.1, -0.05) is 26.8 Å². The SMILES string of the molecule is CC(C)(C)c1ccc2c(n1)CCN(CC(F)F)C2. The third kappa shape index (κ3) is 3.05. The van der Waals surface area contributed by atoms with E-state index in [1.807, 2.05) is 12.1 Å². The quantitative estimate of drug-likeness (QED) is 0.806. The number of fused-ring (bicyclic) bond motifs is 1. The van der Waals surface area contributed by atoms with Crippen LogP contribution in [0.15, 0.2) is 12.1 Å². The van der Waals surface area contributed by atoms with Crippen LogP contribution in [0.3, 0.4) is 0 Å². The average molecular weight is 254 g/mol. The minimum absolute atomic E-state index is 0.0368. The first-order chi connectivity index (χ1) is 8.36. The van der Waals surface area contributed by atoms with Crippen molar-refractivity contribution in [3.63, 3.8) is 0 Å². The van der Waals surface area contributed by atoms with E-state index in [-0.39, 0.29) is 12.0 Å². The van der Waals surface area contributed by atoms with Gasteiger partial charge in [0, 0.05) is 36.3 Å². The van der Waals surface area contributed by atoms with Crippen molar-refractivity contribution in [3.8, 4) is 0 Å². The predicted molar refractivity (Wildman–Crippen MR) is 67.9 cm³/mol. The Morgan fingerprint density at radius 1 is 1.33 bits per heavy atom. The topological polar surface area (TPSA) is 16.1 Å². The maximum Gasteiger partial charge on any atom is 0.251 e. The highest BCUT2D eigenvalue weighted by Gasteiger charge is 2.22. The lowest BCUT2D eigenvalue weighted by molar-refractivity contribution is 0.0816. The second kappa shape index (κ2) is 4.92. The molecule has 0 amide bonds. The molecule has 0 N–H and O–H groups in total. The second-order valence-electron chi connectivity index (χ2n) is 5.93. The van der Waals surface area contributed by atoms with Gasteiger partial charge in [0.2, 0.25) is 0 Å². The Labute approximate surface area is 107 Å². The molecule has 1 aromatic heterocycles. The molecule has 100 valence electrons. The van der Waals surface area contributed by atoms with Crippen LogP contribution in [0, 0.1) is 0 Å². The van der Waals surface area contributed by atoms with Crippen molar-refractivity contribution in [2.45, 2.75) is 45.6 Å². The van der Waals surface area contributed by atoms with Crippen LogP contribution in [0.4, 0.5) is 8.78 Å². The Balaban J connectivity index is 2.16. The summed E-state index contributed by atoms with van der Waals surface area (Å²) in [6.07, 6.45) is -1.49. The normalized spacial score (nSPS) is 17.0. The van der Waals surface area contributed by atoms with Gasteiger partial charge < -0.3 is 0 Å². The summed E-state index contributed by atoms with van der Waals surface area (Å²) in [4.78, 5) is 6.48. The fourth-order valence-corrected chi connectivity index (χ4v) is 2.24. The zero-order chi connectivity index (χ0) is 13.3. The summed E-state index contributed by atoms with van der Waals surface area (Å²) < 4.78 is 24.7. The molecule has 0 radical (unpaired) electrons. The molecule has 1 aliphatic rings. The molecule has 0 aromatic carbocycles. The molecule has 2 nitrogen and oxygen atoms in total. The number of hydrogen-bond donors (Lipinski definition) is 0. The lowest BCUT2D eigenvalue weighted by atomic mass is 9.90. The predicted octanol–water partition coefficient (Wildman–Crippen LogP) is 3.00. The van der Waals surface area contributed by atoms with Crippen molar-refractivity contribution < 1.29 is 8.78 Å². The average Bonchev–Trinajstić information content (AvgIpc) is 2.26. The number of halogens is 2. The Hall–Kier alpha value is -1.03. The van der Waals surface area contributed by atoms with Crippen LogP contribution >= 0.6 is 0 Å². The number of alkyl halides is 2. The van der Waals surface area contributed by atoms with E-state index in [1.165, 1.54) is 0 Å². The van der Waals surface area contributed by atoms with E-state index in [0.29, 0.717) is 13.1 Å². The number of aromatic nitrogens is 1. The summed E-state index contributed by atoms with van der Waals surface area (Å²) in [5, 5.41) is 0. The number of hydrogen-bond acceptors (Lipinski definition) is 2. The first kappa shape index (κ1) is 13.4. The van der Waals surface area contributed by atoms with Gasteiger partial charge in [-0.3, -0.25) is 9.88 Å². The highest BCUT2D eigenvalue weighted by atomic mass is 19.3. The fourth-order valence-electron chi connectivity index (χ4n) is 2.24. The third-order valence-electron chi connectivity index (χ3n) is 3.29. The summed E-state index contributed by atoms with van der Waals surface area (Å²) in [7, 11) is 0. The van der Waals surface area contributed by atoms with Gasteiger partial charge in [0.1, 0.15) is 0 Å². The second-order valence-corrected chi connectivity index (χ2v) is 5.93. The molecule has 4 heteroatoms. The van der Waals surface area contributed by atoms with Gasteiger partial charge in [-0.25, -0.2) is 8.78 Å². The highest BCUT2D eigenvalue weighted by Crippen LogP contribution is 2.24. The standard InChI is InChI=1S/C14H20F2N2/c1-14(2,3)12-5-4-10-8-18(9-13(15)16)7-6-11(10)17-12/h4-5,13H,6-9H2,1-3H3. The van der Waals surface area contributed by atoms with Crippen LogP contribution in [-0.4, -0.2) is 29.4 Å². The molecule has 0 unspecified atom stereocenters. The van der Waals surface area contributed by atoms with Crippen LogP contribution < -0.4 is 0 Å². The van der Waals surface area contributed by atoms with Crippen LogP contribution in [0.2, 0.25) is 0 Å². The van der Waals surface area contributed by atoms with Gasteiger partial charge in [-0.15, -0.1) is 0 Å². The van der Waals surface area contributed by atoms with Crippen molar-refractivity contribution in [2.75, 3.05) is 13.1 Å². The molecule has 0 fully saturated rings. The minimum Gasteiger partial charge on any atom is -0.293 e. The molecule has 1 aliphatic heterocycles. The molecule has 0 saturated carbocycles. The summed E-state index contributed by atoms with van der Waals surface area (Å²) in [6.45, 7) is 7.53. The van der Waals surface area contributed by atoms with E-state index in [2.05, 4.69) is 25.8 Å². The first-order valence-corrected chi connectivity index (χ1v) is 6.36. The third-order valence-corrected chi connectivity index (χ3v) is 3.29. The summed E-state index contributed by atoms with van der Waals surface area (Å²) in [6, 6.07) is 4.06. The molecule has 0 aliphatic carbocycles. The lowest BCUT2D eigenvalue weighted by Gasteiger charge is -2.29. The largest absolute Gasteiger partial charge is 0.293 e. The maximum absolute atomic E-state index is 12.4. The van der Waals surface area contributed by atoms with Crippen LogP contribution in [0.1, 0.15) is 37.7 Å². The number of pyridine rings is 1. The Bertz CT molecular complexity index is 424. The van der Waals surface area contributed by atoms with Crippen molar-refractivity contribution >= 4 is 0 Å². The van der Waals surface area contributed by atoms with E-state index in [9.17, 15) is 8.78 Å². The Morgan fingerprint density at radius 2 is 2.06 bits per heavy atom. The monoisotopic (exact) mass is 254 g/mol. The number of rotatable bonds is 2. The van der Waals surface area contributed by atoms with Crippen LogP contribution in [0.5, 0.6) is 0 Å². The van der Waals surface area contributed by atoms with Crippen LogP contribution in [0.25, 0.3) is 0 Å². The van der Waals surface area contributed by atoms with Crippen molar-refractivity contribution in [2.24, 2.45) is 0 Å².